The van der Waals surface area contributed by atoms with Gasteiger partial charge in [0, 0.05) is 31.2 Å². The Kier molecular flexibility index (Phi) is 4.34. The van der Waals surface area contributed by atoms with Crippen molar-refractivity contribution in [2.24, 2.45) is 5.92 Å². The van der Waals surface area contributed by atoms with E-state index in [1.807, 2.05) is 4.90 Å². The molecule has 0 unspecified atom stereocenters. The predicted octanol–water partition coefficient (Wildman–Crippen LogP) is 2.46. The Morgan fingerprint density at radius 2 is 2.14 bits per heavy atom. The van der Waals surface area contributed by atoms with Crippen LogP contribution in [0.5, 0.6) is 0 Å². The van der Waals surface area contributed by atoms with Crippen molar-refractivity contribution in [3.05, 3.63) is 29.1 Å². The largest absolute Gasteiger partial charge is 0.378 e. The zero-order valence-corrected chi connectivity index (χ0v) is 13.7. The number of hydrogen-bond acceptors (Lipinski definition) is 3. The molecular weight excluding hydrogens is 278 g/mol. The fraction of sp³-hybridized carbons (Fsp3) is 0.647. The highest BCUT2D eigenvalue weighted by Gasteiger charge is 2.31. The second-order valence-electron chi connectivity index (χ2n) is 6.49. The number of fused-ring (bicyclic) bond motifs is 1. The molecule has 0 atom stereocenters. The van der Waals surface area contributed by atoms with Crippen molar-refractivity contribution < 1.29 is 9.53 Å². The first kappa shape index (κ1) is 15.3. The second kappa shape index (κ2) is 6.24. The van der Waals surface area contributed by atoms with E-state index in [1.54, 1.807) is 7.11 Å². The van der Waals surface area contributed by atoms with Gasteiger partial charge in [0.25, 0.3) is 0 Å². The molecule has 1 aromatic rings. The molecule has 0 radical (unpaired) electrons. The van der Waals surface area contributed by atoms with Crippen LogP contribution in [0.3, 0.4) is 0 Å². The van der Waals surface area contributed by atoms with Gasteiger partial charge in [-0.3, -0.25) is 9.48 Å². The fourth-order valence-electron chi connectivity index (χ4n) is 3.46. The zero-order valence-electron chi connectivity index (χ0n) is 13.7. The van der Waals surface area contributed by atoms with Crippen molar-refractivity contribution >= 4 is 5.91 Å². The smallest absolute Gasteiger partial charge is 0.226 e. The summed E-state index contributed by atoms with van der Waals surface area (Å²) in [4.78, 5) is 14.7. The molecule has 5 nitrogen and oxygen atoms in total. The molecule has 0 spiro atoms. The van der Waals surface area contributed by atoms with Crippen molar-refractivity contribution in [3.63, 3.8) is 0 Å². The minimum Gasteiger partial charge on any atom is -0.378 e. The molecule has 2 aliphatic rings. The summed E-state index contributed by atoms with van der Waals surface area (Å²) in [6.07, 6.45) is 6.90. The lowest BCUT2D eigenvalue weighted by Crippen LogP contribution is -2.40. The Morgan fingerprint density at radius 3 is 2.77 bits per heavy atom. The first-order valence-corrected chi connectivity index (χ1v) is 8.13. The van der Waals surface area contributed by atoms with E-state index in [1.165, 1.54) is 11.3 Å². The van der Waals surface area contributed by atoms with Crippen LogP contribution >= 0.6 is 0 Å². The molecule has 22 heavy (non-hydrogen) atoms. The topological polar surface area (TPSA) is 47.4 Å². The third-order valence-electron chi connectivity index (χ3n) is 4.61. The average molecular weight is 303 g/mol. The summed E-state index contributed by atoms with van der Waals surface area (Å²) in [6.45, 7) is 6.28. The van der Waals surface area contributed by atoms with Crippen molar-refractivity contribution in [1.82, 2.24) is 14.7 Å². The molecular formula is C17H25N3O2. The molecule has 1 aromatic heterocycles. The number of carbonyl (C=O) groups is 1. The number of hydrogen-bond donors (Lipinski definition) is 0. The first-order chi connectivity index (χ1) is 10.6. The summed E-state index contributed by atoms with van der Waals surface area (Å²) in [5.41, 5.74) is 3.50. The van der Waals surface area contributed by atoms with Gasteiger partial charge in [0.1, 0.15) is 0 Å². The van der Waals surface area contributed by atoms with Crippen molar-refractivity contribution in [2.75, 3.05) is 13.7 Å². The van der Waals surface area contributed by atoms with E-state index in [0.29, 0.717) is 25.1 Å². The Morgan fingerprint density at radius 1 is 1.41 bits per heavy atom. The summed E-state index contributed by atoms with van der Waals surface area (Å²) < 4.78 is 7.34. The van der Waals surface area contributed by atoms with E-state index < -0.39 is 0 Å². The van der Waals surface area contributed by atoms with Gasteiger partial charge in [-0.2, -0.15) is 5.10 Å². The van der Waals surface area contributed by atoms with E-state index in [2.05, 4.69) is 30.7 Å². The number of carbonyl (C=O) groups excluding carboxylic acids is 1. The lowest BCUT2D eigenvalue weighted by atomic mass is 10.0. The predicted molar refractivity (Wildman–Crippen MR) is 84.3 cm³/mol. The van der Waals surface area contributed by atoms with E-state index in [4.69, 9.17) is 9.84 Å². The molecule has 1 amide bonds. The fourth-order valence-corrected chi connectivity index (χ4v) is 3.46. The molecule has 0 bridgehead atoms. The highest BCUT2D eigenvalue weighted by Crippen LogP contribution is 2.28. The van der Waals surface area contributed by atoms with Crippen LogP contribution < -0.4 is 0 Å². The van der Waals surface area contributed by atoms with Gasteiger partial charge in [-0.25, -0.2) is 0 Å². The molecule has 0 N–H and O–H groups in total. The third-order valence-corrected chi connectivity index (χ3v) is 4.61. The number of allylic oxidation sites excluding steroid dienone is 2. The first-order valence-electron chi connectivity index (χ1n) is 8.13. The minimum absolute atomic E-state index is 0.149. The van der Waals surface area contributed by atoms with Crippen LogP contribution in [0.15, 0.2) is 12.2 Å². The van der Waals surface area contributed by atoms with Crippen LogP contribution in [0, 0.1) is 5.92 Å². The molecule has 0 aromatic carbocycles. The van der Waals surface area contributed by atoms with Gasteiger partial charge in [0.15, 0.2) is 0 Å². The Labute approximate surface area is 131 Å². The van der Waals surface area contributed by atoms with E-state index >= 15 is 0 Å². The number of nitrogens with zero attached hydrogens (tertiary/aromatic N) is 3. The van der Waals surface area contributed by atoms with Crippen molar-refractivity contribution in [2.45, 2.75) is 52.3 Å². The maximum absolute atomic E-state index is 12.7. The number of methoxy groups -OCH3 is 1. The lowest BCUT2D eigenvalue weighted by molar-refractivity contribution is -0.136. The van der Waals surface area contributed by atoms with Gasteiger partial charge < -0.3 is 9.64 Å². The van der Waals surface area contributed by atoms with Crippen LogP contribution in [0.4, 0.5) is 0 Å². The molecule has 0 saturated heterocycles. The quantitative estimate of drug-likeness (QED) is 0.803. The molecule has 0 saturated carbocycles. The standard InChI is InChI=1S/C17H25N3O2/c1-12(2)20-16-10-19(17(21)13-6-4-5-7-13)9-8-14(16)15(18-20)11-22-3/h4-5,12-13H,6-11H2,1-3H3. The number of ether oxygens (including phenoxy) is 1. The Bertz CT molecular complexity index is 581. The molecule has 120 valence electrons. The Balaban J connectivity index is 1.83. The van der Waals surface area contributed by atoms with Gasteiger partial charge in [0.2, 0.25) is 5.91 Å². The van der Waals surface area contributed by atoms with Gasteiger partial charge in [-0.1, -0.05) is 12.2 Å². The third kappa shape index (κ3) is 2.70. The van der Waals surface area contributed by atoms with Gasteiger partial charge >= 0.3 is 0 Å². The van der Waals surface area contributed by atoms with Crippen LogP contribution in [0.25, 0.3) is 0 Å². The molecule has 1 aliphatic carbocycles. The minimum atomic E-state index is 0.149. The highest BCUT2D eigenvalue weighted by atomic mass is 16.5. The summed E-state index contributed by atoms with van der Waals surface area (Å²) in [5, 5.41) is 4.71. The maximum atomic E-state index is 12.7. The van der Waals surface area contributed by atoms with Crippen molar-refractivity contribution in [1.29, 1.82) is 0 Å². The van der Waals surface area contributed by atoms with Gasteiger partial charge in [-0.05, 0) is 33.1 Å². The maximum Gasteiger partial charge on any atom is 0.226 e. The normalized spacial score (nSPS) is 18.3. The monoisotopic (exact) mass is 303 g/mol. The molecule has 3 rings (SSSR count). The van der Waals surface area contributed by atoms with Crippen LogP contribution in [-0.4, -0.2) is 34.2 Å². The van der Waals surface area contributed by atoms with Crippen LogP contribution in [0.2, 0.25) is 0 Å². The summed E-state index contributed by atoms with van der Waals surface area (Å²) >= 11 is 0. The summed E-state index contributed by atoms with van der Waals surface area (Å²) in [7, 11) is 1.70. The second-order valence-corrected chi connectivity index (χ2v) is 6.49. The Hall–Kier alpha value is -1.62. The summed E-state index contributed by atoms with van der Waals surface area (Å²) in [5.74, 6) is 0.441. The number of aromatic nitrogens is 2. The zero-order chi connectivity index (χ0) is 15.7. The lowest BCUT2D eigenvalue weighted by Gasteiger charge is -2.30. The number of amides is 1. The number of rotatable bonds is 4. The molecule has 1 aliphatic heterocycles. The van der Waals surface area contributed by atoms with E-state index in [9.17, 15) is 4.79 Å². The summed E-state index contributed by atoms with van der Waals surface area (Å²) in [6, 6.07) is 0.294. The molecule has 0 fully saturated rings. The van der Waals surface area contributed by atoms with E-state index in [-0.39, 0.29) is 5.92 Å². The van der Waals surface area contributed by atoms with Gasteiger partial charge in [0.05, 0.1) is 24.5 Å². The molecule has 5 heteroatoms. The highest BCUT2D eigenvalue weighted by molar-refractivity contribution is 5.80. The molecule has 2 heterocycles. The SMILES string of the molecule is COCc1nn(C(C)C)c2c1CCN(C(=O)C1CC=CC1)C2. The van der Waals surface area contributed by atoms with Crippen molar-refractivity contribution in [3.8, 4) is 0 Å². The van der Waals surface area contributed by atoms with Crippen LogP contribution in [-0.2, 0) is 29.1 Å². The average Bonchev–Trinajstić information content (AvgIpc) is 3.14. The van der Waals surface area contributed by atoms with E-state index in [0.717, 1.165) is 31.5 Å². The van der Waals surface area contributed by atoms with Gasteiger partial charge in [-0.15, -0.1) is 0 Å². The van der Waals surface area contributed by atoms with Crippen LogP contribution in [0.1, 0.15) is 49.7 Å².